The molecule has 0 saturated carbocycles. The first-order valence-electron chi connectivity index (χ1n) is 8.70. The molecular formula is C18H18N4O4S2. The Morgan fingerprint density at radius 1 is 1.14 bits per heavy atom. The molecule has 1 aromatic carbocycles. The maximum absolute atomic E-state index is 12.7. The first-order chi connectivity index (χ1) is 13.5. The fourth-order valence-corrected chi connectivity index (χ4v) is 6.12. The van der Waals surface area contributed by atoms with E-state index in [4.69, 9.17) is 0 Å². The lowest BCUT2D eigenvalue weighted by Crippen LogP contribution is -2.51. The third kappa shape index (κ3) is 3.30. The Bertz CT molecular complexity index is 1120. The summed E-state index contributed by atoms with van der Waals surface area (Å²) in [6.07, 6.45) is 2.55. The number of carbonyl (C=O) groups is 2. The number of aromatic amines is 1. The highest BCUT2D eigenvalue weighted by atomic mass is 32.2. The van der Waals surface area contributed by atoms with Crippen LogP contribution in [0.5, 0.6) is 0 Å². The minimum Gasteiger partial charge on any atom is -0.360 e. The number of amides is 2. The highest BCUT2D eigenvalue weighted by molar-refractivity contribution is 7.91. The van der Waals surface area contributed by atoms with Crippen LogP contribution in [-0.4, -0.2) is 42.1 Å². The van der Waals surface area contributed by atoms with Gasteiger partial charge in [0.2, 0.25) is 0 Å². The Morgan fingerprint density at radius 2 is 1.96 bits per heavy atom. The molecule has 3 aromatic rings. The molecule has 1 aliphatic heterocycles. The third-order valence-electron chi connectivity index (χ3n) is 4.70. The van der Waals surface area contributed by atoms with E-state index in [9.17, 15) is 18.0 Å². The number of para-hydroxylation sites is 1. The van der Waals surface area contributed by atoms with Crippen LogP contribution in [0.4, 0.5) is 0 Å². The van der Waals surface area contributed by atoms with Crippen molar-refractivity contribution in [3.8, 4) is 0 Å². The van der Waals surface area contributed by atoms with E-state index < -0.39 is 27.9 Å². The molecule has 146 valence electrons. The SMILES string of the molecule is O=C(NNC(=O)C1CCCN1S(=O)(=O)c1cccs1)c1c[nH]c2ccccc12. The summed E-state index contributed by atoms with van der Waals surface area (Å²) in [5, 5.41) is 2.41. The first kappa shape index (κ1) is 18.7. The van der Waals surface area contributed by atoms with E-state index in [-0.39, 0.29) is 10.8 Å². The van der Waals surface area contributed by atoms with E-state index in [1.54, 1.807) is 23.7 Å². The van der Waals surface area contributed by atoms with Gasteiger partial charge in [0.25, 0.3) is 21.8 Å². The number of nitrogens with one attached hydrogen (secondary N) is 3. The number of aromatic nitrogens is 1. The second-order valence-corrected chi connectivity index (χ2v) is 9.46. The standard InChI is InChI=1S/C18H18N4O4S2/c23-17(13-11-19-14-6-2-1-5-12(13)14)20-21-18(24)15-7-3-9-22(15)28(25,26)16-8-4-10-27-16/h1-2,4-6,8,10-11,15,19H,3,7,9H2,(H,20,23)(H,21,24). The van der Waals surface area contributed by atoms with E-state index in [2.05, 4.69) is 15.8 Å². The molecule has 0 aliphatic carbocycles. The molecule has 1 aliphatic rings. The van der Waals surface area contributed by atoms with Crippen molar-refractivity contribution in [3.63, 3.8) is 0 Å². The molecule has 28 heavy (non-hydrogen) atoms. The second-order valence-electron chi connectivity index (χ2n) is 6.40. The van der Waals surface area contributed by atoms with Gasteiger partial charge in [0.1, 0.15) is 10.3 Å². The van der Waals surface area contributed by atoms with Gasteiger partial charge in [-0.25, -0.2) is 8.42 Å². The van der Waals surface area contributed by atoms with Crippen molar-refractivity contribution in [3.05, 3.63) is 53.5 Å². The van der Waals surface area contributed by atoms with Gasteiger partial charge in [-0.15, -0.1) is 11.3 Å². The molecular weight excluding hydrogens is 400 g/mol. The quantitative estimate of drug-likeness (QED) is 0.562. The molecule has 3 heterocycles. The van der Waals surface area contributed by atoms with Crippen LogP contribution in [0, 0.1) is 0 Å². The average molecular weight is 419 g/mol. The van der Waals surface area contributed by atoms with Crippen molar-refractivity contribution in [2.45, 2.75) is 23.1 Å². The van der Waals surface area contributed by atoms with E-state index in [1.807, 2.05) is 18.2 Å². The summed E-state index contributed by atoms with van der Waals surface area (Å²) >= 11 is 1.11. The largest absolute Gasteiger partial charge is 0.360 e. The Morgan fingerprint density at radius 3 is 2.75 bits per heavy atom. The van der Waals surface area contributed by atoms with Crippen LogP contribution in [0.25, 0.3) is 10.9 Å². The second kappa shape index (κ2) is 7.38. The summed E-state index contributed by atoms with van der Waals surface area (Å²) in [6.45, 7) is 0.273. The molecule has 0 spiro atoms. The van der Waals surface area contributed by atoms with Gasteiger partial charge in [-0.2, -0.15) is 4.31 Å². The fraction of sp³-hybridized carbons (Fsp3) is 0.222. The molecule has 4 rings (SSSR count). The minimum atomic E-state index is -3.73. The number of carbonyl (C=O) groups excluding carboxylic acids is 2. The number of H-pyrrole nitrogens is 1. The number of hydrogen-bond donors (Lipinski definition) is 3. The van der Waals surface area contributed by atoms with Crippen LogP contribution in [0.2, 0.25) is 0 Å². The van der Waals surface area contributed by atoms with Crippen molar-refractivity contribution < 1.29 is 18.0 Å². The van der Waals surface area contributed by atoms with Gasteiger partial charge >= 0.3 is 0 Å². The number of hydrogen-bond acceptors (Lipinski definition) is 5. The van der Waals surface area contributed by atoms with Gasteiger partial charge in [0.15, 0.2) is 0 Å². The molecule has 1 fully saturated rings. The van der Waals surface area contributed by atoms with Crippen LogP contribution >= 0.6 is 11.3 Å². The highest BCUT2D eigenvalue weighted by Crippen LogP contribution is 2.28. The average Bonchev–Trinajstić information content (AvgIpc) is 3.45. The molecule has 0 radical (unpaired) electrons. The summed E-state index contributed by atoms with van der Waals surface area (Å²) in [7, 11) is -3.73. The van der Waals surface area contributed by atoms with Crippen LogP contribution in [-0.2, 0) is 14.8 Å². The van der Waals surface area contributed by atoms with Gasteiger partial charge in [0.05, 0.1) is 5.56 Å². The Hall–Kier alpha value is -2.69. The van der Waals surface area contributed by atoms with E-state index >= 15 is 0 Å². The fourth-order valence-electron chi connectivity index (χ4n) is 3.34. The molecule has 2 amide bonds. The zero-order valence-corrected chi connectivity index (χ0v) is 16.3. The molecule has 10 heteroatoms. The number of thiophene rings is 1. The van der Waals surface area contributed by atoms with Gasteiger partial charge in [-0.1, -0.05) is 24.3 Å². The van der Waals surface area contributed by atoms with Crippen LogP contribution in [0.15, 0.2) is 52.2 Å². The first-order valence-corrected chi connectivity index (χ1v) is 11.0. The summed E-state index contributed by atoms with van der Waals surface area (Å²) in [5.74, 6) is -1.03. The molecule has 0 bridgehead atoms. The van der Waals surface area contributed by atoms with Crippen LogP contribution in [0.3, 0.4) is 0 Å². The number of fused-ring (bicyclic) bond motifs is 1. The molecule has 3 N–H and O–H groups in total. The summed E-state index contributed by atoms with van der Waals surface area (Å²) in [6, 6.07) is 9.64. The highest BCUT2D eigenvalue weighted by Gasteiger charge is 2.40. The van der Waals surface area contributed by atoms with E-state index in [0.717, 1.165) is 22.2 Å². The summed E-state index contributed by atoms with van der Waals surface area (Å²) in [4.78, 5) is 28.0. The zero-order valence-electron chi connectivity index (χ0n) is 14.7. The van der Waals surface area contributed by atoms with Crippen LogP contribution < -0.4 is 10.9 Å². The molecule has 1 unspecified atom stereocenters. The normalized spacial score (nSPS) is 17.6. The van der Waals surface area contributed by atoms with Crippen LogP contribution in [0.1, 0.15) is 23.2 Å². The van der Waals surface area contributed by atoms with E-state index in [1.165, 1.54) is 10.4 Å². The lowest BCUT2D eigenvalue weighted by Gasteiger charge is -2.22. The van der Waals surface area contributed by atoms with E-state index in [0.29, 0.717) is 18.4 Å². The van der Waals surface area contributed by atoms with Crippen molar-refractivity contribution in [1.82, 2.24) is 20.1 Å². The lowest BCUT2D eigenvalue weighted by molar-refractivity contribution is -0.125. The number of sulfonamides is 1. The topological polar surface area (TPSA) is 111 Å². The Balaban J connectivity index is 1.45. The summed E-state index contributed by atoms with van der Waals surface area (Å²) < 4.78 is 26.9. The zero-order chi connectivity index (χ0) is 19.7. The van der Waals surface area contributed by atoms with Gasteiger partial charge in [0, 0.05) is 23.6 Å². The van der Waals surface area contributed by atoms with Gasteiger partial charge in [-0.05, 0) is 30.4 Å². The monoisotopic (exact) mass is 418 g/mol. The van der Waals surface area contributed by atoms with Crippen molar-refractivity contribution >= 4 is 44.1 Å². The lowest BCUT2D eigenvalue weighted by atomic mass is 10.2. The van der Waals surface area contributed by atoms with Gasteiger partial charge < -0.3 is 4.98 Å². The number of hydrazine groups is 1. The summed E-state index contributed by atoms with van der Waals surface area (Å²) in [5.41, 5.74) is 5.96. The number of rotatable bonds is 4. The van der Waals surface area contributed by atoms with Crippen molar-refractivity contribution in [2.75, 3.05) is 6.54 Å². The van der Waals surface area contributed by atoms with Crippen molar-refractivity contribution in [2.24, 2.45) is 0 Å². The Labute approximate surface area is 165 Å². The van der Waals surface area contributed by atoms with Gasteiger partial charge in [-0.3, -0.25) is 20.4 Å². The smallest absolute Gasteiger partial charge is 0.271 e. The minimum absolute atomic E-state index is 0.204. The maximum atomic E-state index is 12.7. The molecule has 1 saturated heterocycles. The predicted molar refractivity (Wildman–Crippen MR) is 105 cm³/mol. The number of benzene rings is 1. The maximum Gasteiger partial charge on any atom is 0.271 e. The van der Waals surface area contributed by atoms with Crippen molar-refractivity contribution in [1.29, 1.82) is 0 Å². The molecule has 2 aromatic heterocycles. The molecule has 8 nitrogen and oxygen atoms in total. The predicted octanol–water partition coefficient (Wildman–Crippen LogP) is 1.84. The third-order valence-corrected chi connectivity index (χ3v) is 7.98. The molecule has 1 atom stereocenters. The Kier molecular flexibility index (Phi) is 4.92. The number of nitrogens with zero attached hydrogens (tertiary/aromatic N) is 1.